The van der Waals surface area contributed by atoms with Crippen LogP contribution in [0, 0.1) is 0 Å². The first kappa shape index (κ1) is 22.7. The van der Waals surface area contributed by atoms with Crippen molar-refractivity contribution in [2.24, 2.45) is 0 Å². The molecular formula is C25H32N2O4. The summed E-state index contributed by atoms with van der Waals surface area (Å²) in [5, 5.41) is 5.92. The number of nitrogens with one attached hydrogen (secondary N) is 2. The standard InChI is InChI=1S/C25H32N2O4/c1-3-14-30-22-13-10-19(17-23(22)31-15-4-2)24(28)27-21(25(29)26-20-11-12-20)16-18-8-6-5-7-9-18/h5-10,13,17,20-21H,3-4,11-12,14-16H2,1-2H3,(H,26,29)(H,27,28). The summed E-state index contributed by atoms with van der Waals surface area (Å²) >= 11 is 0. The maximum atomic E-state index is 13.0. The molecule has 3 rings (SSSR count). The first-order valence-electron chi connectivity index (χ1n) is 11.2. The van der Waals surface area contributed by atoms with Crippen molar-refractivity contribution in [3.8, 4) is 11.5 Å². The fourth-order valence-corrected chi connectivity index (χ4v) is 3.14. The third kappa shape index (κ3) is 7.02. The summed E-state index contributed by atoms with van der Waals surface area (Å²) in [6, 6.07) is 14.4. The highest BCUT2D eigenvalue weighted by Gasteiger charge is 2.29. The van der Waals surface area contributed by atoms with Crippen molar-refractivity contribution in [3.05, 3.63) is 59.7 Å². The maximum absolute atomic E-state index is 13.0. The summed E-state index contributed by atoms with van der Waals surface area (Å²) in [4.78, 5) is 25.8. The number of amides is 2. The summed E-state index contributed by atoms with van der Waals surface area (Å²) in [5.41, 5.74) is 1.43. The van der Waals surface area contributed by atoms with E-state index in [9.17, 15) is 9.59 Å². The lowest BCUT2D eigenvalue weighted by atomic mass is 10.0. The Bertz CT molecular complexity index is 865. The third-order valence-corrected chi connectivity index (χ3v) is 4.96. The van der Waals surface area contributed by atoms with Gasteiger partial charge in [0.25, 0.3) is 5.91 Å². The highest BCUT2D eigenvalue weighted by Crippen LogP contribution is 2.29. The summed E-state index contributed by atoms with van der Waals surface area (Å²) < 4.78 is 11.5. The van der Waals surface area contributed by atoms with E-state index in [0.717, 1.165) is 31.2 Å². The number of rotatable bonds is 12. The van der Waals surface area contributed by atoms with Gasteiger partial charge in [0.1, 0.15) is 6.04 Å². The lowest BCUT2D eigenvalue weighted by Crippen LogP contribution is -2.48. The molecule has 0 heterocycles. The number of ether oxygens (including phenoxy) is 2. The molecule has 1 unspecified atom stereocenters. The molecule has 0 radical (unpaired) electrons. The molecule has 1 fully saturated rings. The van der Waals surface area contributed by atoms with Crippen LogP contribution in [-0.2, 0) is 11.2 Å². The molecule has 6 nitrogen and oxygen atoms in total. The molecule has 31 heavy (non-hydrogen) atoms. The molecule has 166 valence electrons. The van der Waals surface area contributed by atoms with Gasteiger partial charge < -0.3 is 20.1 Å². The molecule has 2 N–H and O–H groups in total. The lowest BCUT2D eigenvalue weighted by molar-refractivity contribution is -0.123. The normalized spacial score (nSPS) is 13.9. The SMILES string of the molecule is CCCOc1ccc(C(=O)NC(Cc2ccccc2)C(=O)NC2CC2)cc1OCCC. The van der Waals surface area contributed by atoms with Crippen LogP contribution in [0.2, 0.25) is 0 Å². The minimum absolute atomic E-state index is 0.148. The second kappa shape index (κ2) is 11.4. The number of benzene rings is 2. The molecule has 6 heteroatoms. The van der Waals surface area contributed by atoms with Crippen molar-refractivity contribution in [1.82, 2.24) is 10.6 Å². The van der Waals surface area contributed by atoms with Crippen molar-refractivity contribution in [2.75, 3.05) is 13.2 Å². The van der Waals surface area contributed by atoms with E-state index in [2.05, 4.69) is 10.6 Å². The largest absolute Gasteiger partial charge is 0.490 e. The Kier molecular flexibility index (Phi) is 8.33. The van der Waals surface area contributed by atoms with E-state index in [-0.39, 0.29) is 17.9 Å². The van der Waals surface area contributed by atoms with Crippen LogP contribution < -0.4 is 20.1 Å². The molecule has 0 spiro atoms. The Hall–Kier alpha value is -3.02. The van der Waals surface area contributed by atoms with Gasteiger partial charge in [-0.15, -0.1) is 0 Å². The third-order valence-electron chi connectivity index (χ3n) is 4.96. The van der Waals surface area contributed by atoms with E-state index in [1.165, 1.54) is 0 Å². The molecule has 2 amide bonds. The fourth-order valence-electron chi connectivity index (χ4n) is 3.14. The Labute approximate surface area is 184 Å². The van der Waals surface area contributed by atoms with Crippen LogP contribution >= 0.6 is 0 Å². The van der Waals surface area contributed by atoms with Crippen LogP contribution in [0.4, 0.5) is 0 Å². The fraction of sp³-hybridized carbons (Fsp3) is 0.440. The molecule has 0 aliphatic heterocycles. The predicted octanol–water partition coefficient (Wildman–Crippen LogP) is 3.88. The molecule has 1 aliphatic rings. The Morgan fingerprint density at radius 3 is 2.29 bits per heavy atom. The van der Waals surface area contributed by atoms with Gasteiger partial charge in [-0.25, -0.2) is 0 Å². The monoisotopic (exact) mass is 424 g/mol. The zero-order valence-electron chi connectivity index (χ0n) is 18.4. The number of hydrogen-bond donors (Lipinski definition) is 2. The molecule has 1 aliphatic carbocycles. The molecular weight excluding hydrogens is 392 g/mol. The van der Waals surface area contributed by atoms with Gasteiger partial charge in [0.05, 0.1) is 13.2 Å². The lowest BCUT2D eigenvalue weighted by Gasteiger charge is -2.19. The smallest absolute Gasteiger partial charge is 0.252 e. The van der Waals surface area contributed by atoms with Crippen LogP contribution in [0.3, 0.4) is 0 Å². The van der Waals surface area contributed by atoms with Crippen molar-refractivity contribution in [3.63, 3.8) is 0 Å². The summed E-state index contributed by atoms with van der Waals surface area (Å²) in [7, 11) is 0. The zero-order chi connectivity index (χ0) is 22.1. The minimum atomic E-state index is -0.647. The van der Waals surface area contributed by atoms with Crippen molar-refractivity contribution < 1.29 is 19.1 Å². The van der Waals surface area contributed by atoms with Crippen molar-refractivity contribution >= 4 is 11.8 Å². The zero-order valence-corrected chi connectivity index (χ0v) is 18.4. The topological polar surface area (TPSA) is 76.7 Å². The predicted molar refractivity (Wildman–Crippen MR) is 121 cm³/mol. The van der Waals surface area contributed by atoms with Crippen molar-refractivity contribution in [1.29, 1.82) is 0 Å². The van der Waals surface area contributed by atoms with E-state index in [1.807, 2.05) is 44.2 Å². The average molecular weight is 425 g/mol. The Morgan fingerprint density at radius 2 is 1.65 bits per heavy atom. The summed E-state index contributed by atoms with van der Waals surface area (Å²) in [6.07, 6.45) is 4.16. The first-order valence-corrected chi connectivity index (χ1v) is 11.2. The second-order valence-corrected chi connectivity index (χ2v) is 7.86. The molecule has 0 aromatic heterocycles. The Morgan fingerprint density at radius 1 is 0.968 bits per heavy atom. The van der Waals surface area contributed by atoms with Crippen LogP contribution in [0.5, 0.6) is 11.5 Å². The first-order chi connectivity index (χ1) is 15.1. The van der Waals surface area contributed by atoms with Gasteiger partial charge in [0.2, 0.25) is 5.91 Å². The van der Waals surface area contributed by atoms with Gasteiger partial charge in [-0.1, -0.05) is 44.2 Å². The highest BCUT2D eigenvalue weighted by molar-refractivity contribution is 5.98. The van der Waals surface area contributed by atoms with Gasteiger partial charge in [0.15, 0.2) is 11.5 Å². The highest BCUT2D eigenvalue weighted by atomic mass is 16.5. The van der Waals surface area contributed by atoms with E-state index >= 15 is 0 Å². The summed E-state index contributed by atoms with van der Waals surface area (Å²) in [6.45, 7) is 5.17. The number of carbonyl (C=O) groups excluding carboxylic acids is 2. The number of hydrogen-bond acceptors (Lipinski definition) is 4. The van der Waals surface area contributed by atoms with Crippen molar-refractivity contribution in [2.45, 2.75) is 58.0 Å². The van der Waals surface area contributed by atoms with Gasteiger partial charge >= 0.3 is 0 Å². The molecule has 0 bridgehead atoms. The van der Waals surface area contributed by atoms with Crippen LogP contribution in [0.15, 0.2) is 48.5 Å². The molecule has 1 atom stereocenters. The average Bonchev–Trinajstić information content (AvgIpc) is 3.60. The molecule has 2 aromatic rings. The van der Waals surface area contributed by atoms with E-state index in [1.54, 1.807) is 18.2 Å². The molecule has 1 saturated carbocycles. The van der Waals surface area contributed by atoms with Gasteiger partial charge in [-0.2, -0.15) is 0 Å². The van der Waals surface area contributed by atoms with Crippen LogP contribution in [0.25, 0.3) is 0 Å². The van der Waals surface area contributed by atoms with Gasteiger partial charge in [-0.05, 0) is 49.4 Å². The minimum Gasteiger partial charge on any atom is -0.490 e. The van der Waals surface area contributed by atoms with E-state index in [0.29, 0.717) is 36.7 Å². The van der Waals surface area contributed by atoms with Crippen LogP contribution in [0.1, 0.15) is 55.5 Å². The van der Waals surface area contributed by atoms with Crippen LogP contribution in [-0.4, -0.2) is 37.1 Å². The van der Waals surface area contributed by atoms with Gasteiger partial charge in [-0.3, -0.25) is 9.59 Å². The van der Waals surface area contributed by atoms with Gasteiger partial charge in [0, 0.05) is 18.0 Å². The maximum Gasteiger partial charge on any atom is 0.252 e. The quantitative estimate of drug-likeness (QED) is 0.542. The number of carbonyl (C=O) groups is 2. The molecule has 2 aromatic carbocycles. The summed E-state index contributed by atoms with van der Waals surface area (Å²) in [5.74, 6) is 0.712. The van der Waals surface area contributed by atoms with E-state index < -0.39 is 6.04 Å². The second-order valence-electron chi connectivity index (χ2n) is 7.86. The van der Waals surface area contributed by atoms with E-state index in [4.69, 9.17) is 9.47 Å². The Balaban J connectivity index is 1.75. The molecule has 0 saturated heterocycles.